The van der Waals surface area contributed by atoms with E-state index in [1.54, 1.807) is 6.92 Å². The summed E-state index contributed by atoms with van der Waals surface area (Å²) < 4.78 is 0. The normalized spacial score (nSPS) is 13.2. The molecule has 0 radical (unpaired) electrons. The van der Waals surface area contributed by atoms with Gasteiger partial charge in [-0.2, -0.15) is 0 Å². The van der Waals surface area contributed by atoms with Crippen molar-refractivity contribution in [3.8, 4) is 0 Å². The molecule has 0 aliphatic rings. The van der Waals surface area contributed by atoms with Gasteiger partial charge in [-0.15, -0.1) is 0 Å². The molecule has 0 saturated heterocycles. The van der Waals surface area contributed by atoms with Gasteiger partial charge in [0.15, 0.2) is 0 Å². The number of nitrogens with one attached hydrogen (secondary N) is 1. The Morgan fingerprint density at radius 2 is 2.18 bits per heavy atom. The Labute approximate surface area is 67.0 Å². The maximum atomic E-state index is 11.0. The first-order valence-electron chi connectivity index (χ1n) is 3.76. The third-order valence-corrected chi connectivity index (χ3v) is 1.34. The Balaban J connectivity index is 3.64. The van der Waals surface area contributed by atoms with Crippen molar-refractivity contribution in [3.63, 3.8) is 0 Å². The molecule has 4 heteroatoms. The van der Waals surface area contributed by atoms with Crippen LogP contribution in [0.15, 0.2) is 0 Å². The van der Waals surface area contributed by atoms with E-state index in [2.05, 4.69) is 10.3 Å². The molecular weight excluding hydrogens is 144 g/mol. The zero-order chi connectivity index (χ0) is 8.85. The smallest absolute Gasteiger partial charge is 0.260 e. The minimum atomic E-state index is -0.485. The summed E-state index contributed by atoms with van der Waals surface area (Å²) in [6, 6.07) is -0.485. The van der Waals surface area contributed by atoms with Crippen molar-refractivity contribution in [1.82, 2.24) is 5.48 Å². The zero-order valence-corrected chi connectivity index (χ0v) is 7.26. The molecule has 0 saturated carbocycles. The summed E-state index contributed by atoms with van der Waals surface area (Å²) in [6.07, 6.45) is 0. The second kappa shape index (κ2) is 5.09. The van der Waals surface area contributed by atoms with Gasteiger partial charge in [0.2, 0.25) is 0 Å². The molecule has 0 aliphatic heterocycles. The first-order valence-corrected chi connectivity index (χ1v) is 3.76. The molecule has 11 heavy (non-hydrogen) atoms. The minimum absolute atomic E-state index is 0.135. The number of nitrogens with two attached hydrogens (primary N) is 1. The lowest BCUT2D eigenvalue weighted by Gasteiger charge is -2.14. The molecule has 0 aromatic rings. The van der Waals surface area contributed by atoms with Crippen LogP contribution in [-0.4, -0.2) is 18.6 Å². The molecule has 0 fully saturated rings. The molecule has 1 amide bonds. The number of carbonyl (C=O) groups is 1. The van der Waals surface area contributed by atoms with Crippen molar-refractivity contribution in [2.24, 2.45) is 11.7 Å². The molecule has 0 aromatic carbocycles. The minimum Gasteiger partial charge on any atom is -0.320 e. The molecule has 0 aromatic heterocycles. The van der Waals surface area contributed by atoms with Gasteiger partial charge in [0.05, 0.1) is 12.6 Å². The van der Waals surface area contributed by atoms with Crippen LogP contribution < -0.4 is 11.2 Å². The molecule has 66 valence electrons. The predicted molar refractivity (Wildman–Crippen MR) is 42.6 cm³/mol. The van der Waals surface area contributed by atoms with Crippen LogP contribution in [0.4, 0.5) is 0 Å². The number of rotatable bonds is 4. The predicted octanol–water partition coefficient (Wildman–Crippen LogP) is 0.0374. The fraction of sp³-hybridized carbons (Fsp3) is 0.857. The summed E-state index contributed by atoms with van der Waals surface area (Å²) in [7, 11) is 0. The highest BCUT2D eigenvalue weighted by Crippen LogP contribution is 1.97. The van der Waals surface area contributed by atoms with Crippen LogP contribution in [0.1, 0.15) is 20.8 Å². The van der Waals surface area contributed by atoms with E-state index < -0.39 is 6.04 Å². The summed E-state index contributed by atoms with van der Waals surface area (Å²) in [5, 5.41) is 0. The summed E-state index contributed by atoms with van der Waals surface area (Å²) in [4.78, 5) is 15.7. The molecule has 0 aliphatic carbocycles. The molecule has 3 N–H and O–H groups in total. The van der Waals surface area contributed by atoms with Crippen LogP contribution in [0.3, 0.4) is 0 Å². The van der Waals surface area contributed by atoms with Gasteiger partial charge in [-0.25, -0.2) is 5.48 Å². The first kappa shape index (κ1) is 10.4. The van der Waals surface area contributed by atoms with E-state index in [0.29, 0.717) is 6.61 Å². The summed E-state index contributed by atoms with van der Waals surface area (Å²) in [5.41, 5.74) is 7.76. The van der Waals surface area contributed by atoms with E-state index in [1.165, 1.54) is 0 Å². The zero-order valence-electron chi connectivity index (χ0n) is 7.26. The third-order valence-electron chi connectivity index (χ3n) is 1.34. The topological polar surface area (TPSA) is 64.3 Å². The van der Waals surface area contributed by atoms with E-state index >= 15 is 0 Å². The standard InChI is InChI=1S/C7H16N2O2/c1-4-11-9-7(10)6(8)5(2)3/h5-6H,4,8H2,1-3H3,(H,9,10)/t6-/m1/s1. The second-order valence-corrected chi connectivity index (χ2v) is 2.67. The fourth-order valence-electron chi connectivity index (χ4n) is 0.514. The number of amides is 1. The number of hydrogen-bond acceptors (Lipinski definition) is 3. The molecule has 0 bridgehead atoms. The van der Waals surface area contributed by atoms with Crippen molar-refractivity contribution in [2.75, 3.05) is 6.61 Å². The van der Waals surface area contributed by atoms with Crippen LogP contribution in [0.2, 0.25) is 0 Å². The van der Waals surface area contributed by atoms with Crippen LogP contribution in [0.5, 0.6) is 0 Å². The van der Waals surface area contributed by atoms with E-state index in [9.17, 15) is 4.79 Å². The molecule has 0 unspecified atom stereocenters. The number of hydroxylamine groups is 1. The second-order valence-electron chi connectivity index (χ2n) is 2.67. The molecule has 0 rings (SSSR count). The van der Waals surface area contributed by atoms with E-state index in [1.807, 2.05) is 13.8 Å². The lowest BCUT2D eigenvalue weighted by molar-refractivity contribution is -0.135. The van der Waals surface area contributed by atoms with Crippen molar-refractivity contribution < 1.29 is 9.63 Å². The van der Waals surface area contributed by atoms with Gasteiger partial charge in [0.1, 0.15) is 0 Å². The Hall–Kier alpha value is -0.610. The summed E-state index contributed by atoms with van der Waals surface area (Å²) in [5.74, 6) is -0.127. The van der Waals surface area contributed by atoms with Crippen LogP contribution >= 0.6 is 0 Å². The maximum Gasteiger partial charge on any atom is 0.260 e. The first-order chi connectivity index (χ1) is 5.09. The Morgan fingerprint density at radius 1 is 1.64 bits per heavy atom. The summed E-state index contributed by atoms with van der Waals surface area (Å²) >= 11 is 0. The average molecular weight is 160 g/mol. The quantitative estimate of drug-likeness (QED) is 0.570. The van der Waals surface area contributed by atoms with Crippen molar-refractivity contribution >= 4 is 5.91 Å². The van der Waals surface area contributed by atoms with Crippen LogP contribution in [0.25, 0.3) is 0 Å². The van der Waals surface area contributed by atoms with Crippen LogP contribution in [-0.2, 0) is 9.63 Å². The van der Waals surface area contributed by atoms with Gasteiger partial charge < -0.3 is 5.73 Å². The molecule has 0 heterocycles. The van der Waals surface area contributed by atoms with Gasteiger partial charge in [-0.3, -0.25) is 9.63 Å². The average Bonchev–Trinajstić information content (AvgIpc) is 1.98. The highest BCUT2D eigenvalue weighted by molar-refractivity contribution is 5.80. The molecular formula is C7H16N2O2. The van der Waals surface area contributed by atoms with Gasteiger partial charge >= 0.3 is 0 Å². The van der Waals surface area contributed by atoms with Gasteiger partial charge in [-0.1, -0.05) is 13.8 Å². The number of carbonyl (C=O) groups excluding carboxylic acids is 1. The van der Waals surface area contributed by atoms with E-state index in [4.69, 9.17) is 5.73 Å². The Bertz CT molecular complexity index is 126. The fourth-order valence-corrected chi connectivity index (χ4v) is 0.514. The van der Waals surface area contributed by atoms with Crippen molar-refractivity contribution in [1.29, 1.82) is 0 Å². The van der Waals surface area contributed by atoms with E-state index in [0.717, 1.165) is 0 Å². The lowest BCUT2D eigenvalue weighted by atomic mass is 10.1. The Kier molecular flexibility index (Phi) is 4.81. The maximum absolute atomic E-state index is 11.0. The molecule has 0 spiro atoms. The number of hydrogen-bond donors (Lipinski definition) is 2. The highest BCUT2D eigenvalue weighted by atomic mass is 16.6. The SMILES string of the molecule is CCONC(=O)[C@H](N)C(C)C. The van der Waals surface area contributed by atoms with Crippen LogP contribution in [0, 0.1) is 5.92 Å². The molecule has 4 nitrogen and oxygen atoms in total. The highest BCUT2D eigenvalue weighted by Gasteiger charge is 2.16. The van der Waals surface area contributed by atoms with Gasteiger partial charge in [0, 0.05) is 0 Å². The molecule has 1 atom stereocenters. The van der Waals surface area contributed by atoms with E-state index in [-0.39, 0.29) is 11.8 Å². The monoisotopic (exact) mass is 160 g/mol. The third kappa shape index (κ3) is 3.95. The largest absolute Gasteiger partial charge is 0.320 e. The van der Waals surface area contributed by atoms with Gasteiger partial charge in [0.25, 0.3) is 5.91 Å². The Morgan fingerprint density at radius 3 is 2.55 bits per heavy atom. The summed E-state index contributed by atoms with van der Waals surface area (Å²) in [6.45, 7) is 6.02. The van der Waals surface area contributed by atoms with Crippen molar-refractivity contribution in [3.05, 3.63) is 0 Å². The van der Waals surface area contributed by atoms with Gasteiger partial charge in [-0.05, 0) is 12.8 Å². The van der Waals surface area contributed by atoms with Crippen molar-refractivity contribution in [2.45, 2.75) is 26.8 Å². The lowest BCUT2D eigenvalue weighted by Crippen LogP contribution is -2.43.